The SMILES string of the molecule is CCN(CC)c1ccc(Nc2ccnc(NCCC(C)C)n2)cc1. The first-order chi connectivity index (χ1) is 11.6. The average molecular weight is 327 g/mol. The summed E-state index contributed by atoms with van der Waals surface area (Å²) in [6, 6.07) is 10.3. The molecule has 0 spiro atoms. The Morgan fingerprint density at radius 3 is 2.38 bits per heavy atom. The van der Waals surface area contributed by atoms with Crippen molar-refractivity contribution in [2.75, 3.05) is 35.2 Å². The lowest BCUT2D eigenvalue weighted by molar-refractivity contribution is 0.606. The quantitative estimate of drug-likeness (QED) is 0.709. The Balaban J connectivity index is 1.98. The molecule has 0 bridgehead atoms. The summed E-state index contributed by atoms with van der Waals surface area (Å²) < 4.78 is 0. The standard InChI is InChI=1S/C19H29N5/c1-5-24(6-2)17-9-7-16(8-10-17)22-18-12-14-21-19(23-18)20-13-11-15(3)4/h7-10,12,14-15H,5-6,11,13H2,1-4H3,(H2,20,21,22,23). The molecule has 1 aromatic heterocycles. The van der Waals surface area contributed by atoms with Crippen molar-refractivity contribution in [3.05, 3.63) is 36.5 Å². The lowest BCUT2D eigenvalue weighted by atomic mass is 10.1. The Kier molecular flexibility index (Phi) is 6.85. The first kappa shape index (κ1) is 18.0. The van der Waals surface area contributed by atoms with Crippen LogP contribution in [0.3, 0.4) is 0 Å². The van der Waals surface area contributed by atoms with Gasteiger partial charge in [-0.05, 0) is 56.5 Å². The second kappa shape index (κ2) is 9.11. The van der Waals surface area contributed by atoms with Crippen molar-refractivity contribution in [3.8, 4) is 0 Å². The van der Waals surface area contributed by atoms with E-state index in [1.807, 2.05) is 6.07 Å². The zero-order valence-corrected chi connectivity index (χ0v) is 15.2. The third-order valence-electron chi connectivity index (χ3n) is 3.93. The van der Waals surface area contributed by atoms with Gasteiger partial charge in [0.05, 0.1) is 0 Å². The minimum Gasteiger partial charge on any atom is -0.372 e. The van der Waals surface area contributed by atoms with Gasteiger partial charge in [-0.1, -0.05) is 13.8 Å². The molecule has 0 aliphatic heterocycles. The first-order valence-electron chi connectivity index (χ1n) is 8.81. The summed E-state index contributed by atoms with van der Waals surface area (Å²) in [5, 5.41) is 6.61. The van der Waals surface area contributed by atoms with Gasteiger partial charge in [-0.25, -0.2) is 4.98 Å². The maximum Gasteiger partial charge on any atom is 0.224 e. The molecule has 130 valence electrons. The van der Waals surface area contributed by atoms with Crippen molar-refractivity contribution >= 4 is 23.1 Å². The maximum atomic E-state index is 4.51. The number of nitrogens with zero attached hydrogens (tertiary/aromatic N) is 3. The molecule has 2 N–H and O–H groups in total. The number of anilines is 4. The normalized spacial score (nSPS) is 10.7. The van der Waals surface area contributed by atoms with Crippen molar-refractivity contribution in [1.82, 2.24) is 9.97 Å². The topological polar surface area (TPSA) is 53.1 Å². The van der Waals surface area contributed by atoms with Crippen molar-refractivity contribution in [1.29, 1.82) is 0 Å². The van der Waals surface area contributed by atoms with Gasteiger partial charge in [0.25, 0.3) is 0 Å². The molecule has 0 unspecified atom stereocenters. The highest BCUT2D eigenvalue weighted by Gasteiger charge is 2.03. The molecule has 0 aliphatic rings. The van der Waals surface area contributed by atoms with Gasteiger partial charge < -0.3 is 15.5 Å². The minimum atomic E-state index is 0.667. The Hall–Kier alpha value is -2.30. The van der Waals surface area contributed by atoms with Crippen LogP contribution < -0.4 is 15.5 Å². The van der Waals surface area contributed by atoms with E-state index in [1.165, 1.54) is 5.69 Å². The summed E-state index contributed by atoms with van der Waals surface area (Å²) >= 11 is 0. The van der Waals surface area contributed by atoms with Crippen LogP contribution in [0.5, 0.6) is 0 Å². The van der Waals surface area contributed by atoms with Crippen LogP contribution in [0.1, 0.15) is 34.1 Å². The molecule has 1 aromatic carbocycles. The van der Waals surface area contributed by atoms with E-state index in [4.69, 9.17) is 0 Å². The van der Waals surface area contributed by atoms with E-state index in [2.05, 4.69) is 77.5 Å². The van der Waals surface area contributed by atoms with E-state index in [9.17, 15) is 0 Å². The third-order valence-corrected chi connectivity index (χ3v) is 3.93. The Bertz CT molecular complexity index is 605. The van der Waals surface area contributed by atoms with Gasteiger partial charge in [0.15, 0.2) is 0 Å². The summed E-state index contributed by atoms with van der Waals surface area (Å²) in [5.74, 6) is 2.14. The van der Waals surface area contributed by atoms with Gasteiger partial charge in [0.1, 0.15) is 5.82 Å². The molecule has 1 heterocycles. The van der Waals surface area contributed by atoms with Gasteiger partial charge in [-0.15, -0.1) is 0 Å². The molecule has 2 rings (SSSR count). The van der Waals surface area contributed by atoms with Crippen LogP contribution in [-0.4, -0.2) is 29.6 Å². The van der Waals surface area contributed by atoms with Gasteiger partial charge in [0, 0.05) is 37.2 Å². The summed E-state index contributed by atoms with van der Waals surface area (Å²) in [5.41, 5.74) is 2.27. The number of aromatic nitrogens is 2. The second-order valence-electron chi connectivity index (χ2n) is 6.22. The fourth-order valence-corrected chi connectivity index (χ4v) is 2.48. The van der Waals surface area contributed by atoms with Crippen LogP contribution in [0.2, 0.25) is 0 Å². The third kappa shape index (κ3) is 5.41. The molecule has 0 radical (unpaired) electrons. The zero-order valence-electron chi connectivity index (χ0n) is 15.2. The number of hydrogen-bond acceptors (Lipinski definition) is 5. The molecular weight excluding hydrogens is 298 g/mol. The molecule has 24 heavy (non-hydrogen) atoms. The lowest BCUT2D eigenvalue weighted by Gasteiger charge is -2.21. The van der Waals surface area contributed by atoms with E-state index in [1.54, 1.807) is 6.20 Å². The van der Waals surface area contributed by atoms with Gasteiger partial charge >= 0.3 is 0 Å². The largest absolute Gasteiger partial charge is 0.372 e. The Morgan fingerprint density at radius 2 is 1.75 bits per heavy atom. The van der Waals surface area contributed by atoms with Crippen molar-refractivity contribution in [2.45, 2.75) is 34.1 Å². The van der Waals surface area contributed by atoms with Crippen molar-refractivity contribution < 1.29 is 0 Å². The van der Waals surface area contributed by atoms with E-state index in [-0.39, 0.29) is 0 Å². The molecule has 0 fully saturated rings. The molecule has 0 amide bonds. The minimum absolute atomic E-state index is 0.667. The van der Waals surface area contributed by atoms with Crippen LogP contribution in [0.15, 0.2) is 36.5 Å². The molecule has 0 saturated carbocycles. The van der Waals surface area contributed by atoms with Crippen LogP contribution in [0, 0.1) is 5.92 Å². The number of benzene rings is 1. The van der Waals surface area contributed by atoms with Crippen molar-refractivity contribution in [3.63, 3.8) is 0 Å². The van der Waals surface area contributed by atoms with E-state index < -0.39 is 0 Å². The monoisotopic (exact) mass is 327 g/mol. The van der Waals surface area contributed by atoms with Crippen LogP contribution in [-0.2, 0) is 0 Å². The van der Waals surface area contributed by atoms with E-state index >= 15 is 0 Å². The molecule has 5 nitrogen and oxygen atoms in total. The molecule has 0 saturated heterocycles. The summed E-state index contributed by atoms with van der Waals surface area (Å²) in [4.78, 5) is 11.1. The molecule has 0 atom stereocenters. The smallest absolute Gasteiger partial charge is 0.224 e. The first-order valence-corrected chi connectivity index (χ1v) is 8.81. The summed E-state index contributed by atoms with van der Waals surface area (Å²) in [6.45, 7) is 11.7. The van der Waals surface area contributed by atoms with E-state index in [0.29, 0.717) is 11.9 Å². The van der Waals surface area contributed by atoms with Gasteiger partial charge in [0.2, 0.25) is 5.95 Å². The predicted octanol–water partition coefficient (Wildman–Crippen LogP) is 4.52. The highest BCUT2D eigenvalue weighted by atomic mass is 15.1. The molecule has 2 aromatic rings. The number of nitrogens with one attached hydrogen (secondary N) is 2. The zero-order chi connectivity index (χ0) is 17.4. The van der Waals surface area contributed by atoms with Crippen molar-refractivity contribution in [2.24, 2.45) is 5.92 Å². The lowest BCUT2D eigenvalue weighted by Crippen LogP contribution is -2.21. The molecule has 0 aliphatic carbocycles. The van der Waals surface area contributed by atoms with Crippen LogP contribution in [0.4, 0.5) is 23.1 Å². The van der Waals surface area contributed by atoms with Gasteiger partial charge in [-0.2, -0.15) is 4.98 Å². The number of rotatable bonds is 9. The van der Waals surface area contributed by atoms with Crippen LogP contribution in [0.25, 0.3) is 0 Å². The maximum absolute atomic E-state index is 4.51. The summed E-state index contributed by atoms with van der Waals surface area (Å²) in [7, 11) is 0. The predicted molar refractivity (Wildman–Crippen MR) is 103 cm³/mol. The average Bonchev–Trinajstić information content (AvgIpc) is 2.57. The second-order valence-corrected chi connectivity index (χ2v) is 6.22. The van der Waals surface area contributed by atoms with Crippen LogP contribution >= 0.6 is 0 Å². The Morgan fingerprint density at radius 1 is 1.04 bits per heavy atom. The summed E-state index contributed by atoms with van der Waals surface area (Å²) in [6.07, 6.45) is 2.88. The Labute approximate surface area is 145 Å². The fourth-order valence-electron chi connectivity index (χ4n) is 2.48. The van der Waals surface area contributed by atoms with Gasteiger partial charge in [-0.3, -0.25) is 0 Å². The number of hydrogen-bond donors (Lipinski definition) is 2. The highest BCUT2D eigenvalue weighted by molar-refractivity contribution is 5.61. The van der Waals surface area contributed by atoms with E-state index in [0.717, 1.165) is 37.6 Å². The highest BCUT2D eigenvalue weighted by Crippen LogP contribution is 2.20. The molecular formula is C19H29N5. The fraction of sp³-hybridized carbons (Fsp3) is 0.474. The molecule has 5 heteroatoms.